The van der Waals surface area contributed by atoms with Gasteiger partial charge in [0.2, 0.25) is 0 Å². The van der Waals surface area contributed by atoms with Crippen molar-refractivity contribution < 1.29 is 14.6 Å². The van der Waals surface area contributed by atoms with Gasteiger partial charge in [0.25, 0.3) is 0 Å². The van der Waals surface area contributed by atoms with Crippen molar-refractivity contribution >= 4 is 6.09 Å². The van der Waals surface area contributed by atoms with Crippen LogP contribution in [0.15, 0.2) is 0 Å². The van der Waals surface area contributed by atoms with Crippen molar-refractivity contribution in [3.8, 4) is 0 Å². The molecule has 2 aliphatic heterocycles. The van der Waals surface area contributed by atoms with Crippen LogP contribution in [0.5, 0.6) is 0 Å². The number of hydrogen-bond donors (Lipinski definition) is 1. The lowest BCUT2D eigenvalue weighted by Gasteiger charge is -2.47. The molecule has 2 unspecified atom stereocenters. The molecule has 5 nitrogen and oxygen atoms in total. The lowest BCUT2D eigenvalue weighted by atomic mass is 9.79. The Morgan fingerprint density at radius 2 is 1.86 bits per heavy atom. The monoisotopic (exact) mass is 298 g/mol. The van der Waals surface area contributed by atoms with Gasteiger partial charge in [0.05, 0.1) is 6.61 Å². The fourth-order valence-electron chi connectivity index (χ4n) is 3.32. The van der Waals surface area contributed by atoms with Gasteiger partial charge in [-0.05, 0) is 52.4 Å². The Labute approximate surface area is 128 Å². The highest BCUT2D eigenvalue weighted by molar-refractivity contribution is 5.69. The summed E-state index contributed by atoms with van der Waals surface area (Å²) in [5.74, 6) is 1.23. The van der Waals surface area contributed by atoms with Crippen LogP contribution in [0.4, 0.5) is 4.79 Å². The molecule has 2 saturated heterocycles. The summed E-state index contributed by atoms with van der Waals surface area (Å²) >= 11 is 0. The van der Waals surface area contributed by atoms with Crippen LogP contribution in [0.2, 0.25) is 0 Å². The van der Waals surface area contributed by atoms with E-state index in [-0.39, 0.29) is 12.7 Å². The first-order chi connectivity index (χ1) is 9.80. The zero-order valence-electron chi connectivity index (χ0n) is 13.8. The van der Waals surface area contributed by atoms with Crippen LogP contribution in [-0.4, -0.2) is 65.4 Å². The second-order valence-corrected chi connectivity index (χ2v) is 7.55. The molecule has 0 aromatic rings. The summed E-state index contributed by atoms with van der Waals surface area (Å²) in [6.45, 7) is 11.6. The second kappa shape index (κ2) is 6.53. The minimum absolute atomic E-state index is 0.185. The van der Waals surface area contributed by atoms with E-state index >= 15 is 0 Å². The number of likely N-dealkylation sites (tertiary alicyclic amines) is 2. The van der Waals surface area contributed by atoms with E-state index in [1.807, 2.05) is 25.7 Å². The van der Waals surface area contributed by atoms with Gasteiger partial charge >= 0.3 is 6.09 Å². The molecule has 21 heavy (non-hydrogen) atoms. The van der Waals surface area contributed by atoms with Crippen molar-refractivity contribution in [2.45, 2.75) is 52.2 Å². The zero-order valence-corrected chi connectivity index (χ0v) is 13.8. The quantitative estimate of drug-likeness (QED) is 0.865. The smallest absolute Gasteiger partial charge is 0.410 e. The average molecular weight is 298 g/mol. The minimum atomic E-state index is -0.416. The number of carbonyl (C=O) groups is 1. The molecule has 0 aliphatic carbocycles. The van der Waals surface area contributed by atoms with Crippen molar-refractivity contribution in [1.29, 1.82) is 0 Å². The molecule has 0 bridgehead atoms. The van der Waals surface area contributed by atoms with E-state index in [0.29, 0.717) is 17.9 Å². The fraction of sp³-hybridized carbons (Fsp3) is 0.938. The topological polar surface area (TPSA) is 53.0 Å². The molecular formula is C16H30N2O3. The summed E-state index contributed by atoms with van der Waals surface area (Å²) in [6.07, 6.45) is 2.24. The van der Waals surface area contributed by atoms with Crippen molar-refractivity contribution in [3.63, 3.8) is 0 Å². The molecule has 2 heterocycles. The van der Waals surface area contributed by atoms with Gasteiger partial charge in [0, 0.05) is 32.2 Å². The van der Waals surface area contributed by atoms with Crippen LogP contribution in [0.1, 0.15) is 40.5 Å². The Balaban J connectivity index is 1.78. The van der Waals surface area contributed by atoms with Crippen LogP contribution < -0.4 is 0 Å². The largest absolute Gasteiger partial charge is 0.444 e. The maximum Gasteiger partial charge on any atom is 0.410 e. The molecule has 2 fully saturated rings. The van der Waals surface area contributed by atoms with Crippen molar-refractivity contribution in [2.24, 2.45) is 11.8 Å². The Bertz CT molecular complexity index is 361. The molecule has 2 aliphatic rings. The van der Waals surface area contributed by atoms with Gasteiger partial charge in [-0.2, -0.15) is 0 Å². The number of hydrogen-bond acceptors (Lipinski definition) is 4. The van der Waals surface area contributed by atoms with Gasteiger partial charge in [-0.1, -0.05) is 0 Å². The highest BCUT2D eigenvalue weighted by Crippen LogP contribution is 2.33. The summed E-state index contributed by atoms with van der Waals surface area (Å²) in [6, 6.07) is 0.565. The summed E-state index contributed by atoms with van der Waals surface area (Å²) in [4.78, 5) is 16.1. The fourth-order valence-corrected chi connectivity index (χ4v) is 3.32. The third-order valence-corrected chi connectivity index (χ3v) is 4.66. The summed E-state index contributed by atoms with van der Waals surface area (Å²) < 4.78 is 5.40. The van der Waals surface area contributed by atoms with E-state index in [1.54, 1.807) is 0 Å². The minimum Gasteiger partial charge on any atom is -0.444 e. The van der Waals surface area contributed by atoms with Crippen molar-refractivity contribution in [1.82, 2.24) is 9.80 Å². The summed E-state index contributed by atoms with van der Waals surface area (Å²) in [5.41, 5.74) is -0.416. The van der Waals surface area contributed by atoms with Gasteiger partial charge in [0.15, 0.2) is 0 Å². The molecule has 1 N–H and O–H groups in total. The molecule has 0 radical (unpaired) electrons. The molecule has 5 heteroatoms. The second-order valence-electron chi connectivity index (χ2n) is 7.55. The predicted molar refractivity (Wildman–Crippen MR) is 82.1 cm³/mol. The van der Waals surface area contributed by atoms with E-state index in [4.69, 9.17) is 9.84 Å². The van der Waals surface area contributed by atoms with E-state index in [0.717, 1.165) is 26.2 Å². The van der Waals surface area contributed by atoms with Crippen LogP contribution in [0.3, 0.4) is 0 Å². The molecule has 0 saturated carbocycles. The summed E-state index contributed by atoms with van der Waals surface area (Å²) in [7, 11) is 0. The third-order valence-electron chi connectivity index (χ3n) is 4.66. The number of aliphatic hydroxyl groups is 1. The van der Waals surface area contributed by atoms with Crippen LogP contribution in [0.25, 0.3) is 0 Å². The number of piperidine rings is 1. The van der Waals surface area contributed by atoms with Crippen LogP contribution >= 0.6 is 0 Å². The van der Waals surface area contributed by atoms with Gasteiger partial charge in [-0.25, -0.2) is 4.79 Å². The number of rotatable bonds is 3. The number of nitrogens with zero attached hydrogens (tertiary/aromatic N) is 2. The lowest BCUT2D eigenvalue weighted by molar-refractivity contribution is -0.0252. The molecule has 0 aromatic carbocycles. The molecule has 2 rings (SSSR count). The first-order valence-corrected chi connectivity index (χ1v) is 8.13. The van der Waals surface area contributed by atoms with Crippen LogP contribution in [-0.2, 0) is 4.74 Å². The van der Waals surface area contributed by atoms with Gasteiger partial charge in [0.1, 0.15) is 5.60 Å². The van der Waals surface area contributed by atoms with Gasteiger partial charge in [-0.3, -0.25) is 4.90 Å². The summed E-state index contributed by atoms with van der Waals surface area (Å²) in [5, 5.41) is 9.14. The van der Waals surface area contributed by atoms with E-state index < -0.39 is 5.60 Å². The maximum absolute atomic E-state index is 11.9. The molecule has 0 aromatic heterocycles. The van der Waals surface area contributed by atoms with Crippen molar-refractivity contribution in [2.75, 3.05) is 32.8 Å². The number of ether oxygens (including phenoxy) is 1. The molecule has 2 atom stereocenters. The number of carbonyl (C=O) groups excluding carboxylic acids is 1. The normalized spacial score (nSPS) is 28.3. The first kappa shape index (κ1) is 16.6. The van der Waals surface area contributed by atoms with Gasteiger partial charge < -0.3 is 14.7 Å². The zero-order chi connectivity index (χ0) is 15.6. The molecule has 122 valence electrons. The number of aliphatic hydroxyl groups excluding tert-OH is 1. The SMILES string of the molecule is CC1CCC(C2CN(C(=O)OC(C)(C)C)C2)CN1CCO. The predicted octanol–water partition coefficient (Wildman–Crippen LogP) is 1.95. The average Bonchev–Trinajstić information content (AvgIpc) is 2.29. The number of β-amino-alcohol motifs (C(OH)–C–C–N with tert-alkyl or cyclic N) is 1. The lowest BCUT2D eigenvalue weighted by Crippen LogP contribution is -2.57. The Morgan fingerprint density at radius 1 is 1.19 bits per heavy atom. The standard InChI is InChI=1S/C16H30N2O3/c1-12-5-6-13(9-17(12)7-8-19)14-10-18(11-14)15(20)21-16(2,3)4/h12-14,19H,5-11H2,1-4H3. The van der Waals surface area contributed by atoms with E-state index in [1.165, 1.54) is 12.8 Å². The van der Waals surface area contributed by atoms with Gasteiger partial charge in [-0.15, -0.1) is 0 Å². The molecular weight excluding hydrogens is 268 g/mol. The molecule has 1 amide bonds. The van der Waals surface area contributed by atoms with E-state index in [2.05, 4.69) is 11.8 Å². The number of amides is 1. The highest BCUT2D eigenvalue weighted by Gasteiger charge is 2.40. The third kappa shape index (κ3) is 4.33. The Kier molecular flexibility index (Phi) is 5.15. The Morgan fingerprint density at radius 3 is 2.43 bits per heavy atom. The van der Waals surface area contributed by atoms with Crippen LogP contribution in [0, 0.1) is 11.8 Å². The van der Waals surface area contributed by atoms with Crippen molar-refractivity contribution in [3.05, 3.63) is 0 Å². The maximum atomic E-state index is 11.9. The highest BCUT2D eigenvalue weighted by atomic mass is 16.6. The molecule has 0 spiro atoms. The van der Waals surface area contributed by atoms with E-state index in [9.17, 15) is 4.79 Å². The Hall–Kier alpha value is -0.810. The first-order valence-electron chi connectivity index (χ1n) is 8.13.